The molecule has 4 N–H and O–H groups in total. The molecule has 1 aromatic carbocycles. The highest BCUT2D eigenvalue weighted by molar-refractivity contribution is 5.94. The number of hydrogen-bond acceptors (Lipinski definition) is 5. The van der Waals surface area contributed by atoms with Crippen LogP contribution in [0.5, 0.6) is 5.75 Å². The summed E-state index contributed by atoms with van der Waals surface area (Å²) in [5, 5.41) is 11.8. The van der Waals surface area contributed by atoms with Crippen LogP contribution in [0.25, 0.3) is 0 Å². The van der Waals surface area contributed by atoms with Crippen LogP contribution in [0, 0.1) is 0 Å². The molecule has 0 radical (unpaired) electrons. The van der Waals surface area contributed by atoms with E-state index in [-0.39, 0.29) is 11.7 Å². The minimum Gasteiger partial charge on any atom is -0.508 e. The topological polar surface area (TPSA) is 93.8 Å². The van der Waals surface area contributed by atoms with E-state index in [1.165, 1.54) is 12.1 Å². The summed E-state index contributed by atoms with van der Waals surface area (Å²) in [6.45, 7) is 2.87. The van der Waals surface area contributed by atoms with Crippen molar-refractivity contribution in [1.29, 1.82) is 0 Å². The third-order valence-electron chi connectivity index (χ3n) is 2.30. The van der Waals surface area contributed by atoms with Gasteiger partial charge in [-0.05, 0) is 24.3 Å². The normalized spacial score (nSPS) is 10.4. The van der Waals surface area contributed by atoms with Gasteiger partial charge in [0.05, 0.1) is 26.4 Å². The Kier molecular flexibility index (Phi) is 7.57. The Morgan fingerprint density at radius 1 is 1.11 bits per heavy atom. The first kappa shape index (κ1) is 15.4. The van der Waals surface area contributed by atoms with Crippen LogP contribution < -0.4 is 11.1 Å². The second kappa shape index (κ2) is 9.32. The van der Waals surface area contributed by atoms with Crippen molar-refractivity contribution in [1.82, 2.24) is 5.32 Å². The molecule has 0 heterocycles. The number of aromatic hydroxyl groups is 1. The first-order chi connectivity index (χ1) is 9.24. The molecule has 1 amide bonds. The van der Waals surface area contributed by atoms with Crippen LogP contribution in [-0.4, -0.2) is 50.5 Å². The van der Waals surface area contributed by atoms with Crippen LogP contribution in [0.15, 0.2) is 24.3 Å². The lowest BCUT2D eigenvalue weighted by Gasteiger charge is -2.07. The molecule has 0 saturated carbocycles. The summed E-state index contributed by atoms with van der Waals surface area (Å²) < 4.78 is 10.4. The Morgan fingerprint density at radius 2 is 1.74 bits per heavy atom. The van der Waals surface area contributed by atoms with Gasteiger partial charge in [0.25, 0.3) is 5.91 Å². The molecule has 0 atom stereocenters. The van der Waals surface area contributed by atoms with E-state index < -0.39 is 0 Å². The van der Waals surface area contributed by atoms with Crippen molar-refractivity contribution in [3.63, 3.8) is 0 Å². The number of benzene rings is 1. The Balaban J connectivity index is 2.06. The number of rotatable bonds is 9. The van der Waals surface area contributed by atoms with Crippen molar-refractivity contribution in [2.75, 3.05) is 39.5 Å². The molecule has 6 nitrogen and oxygen atoms in total. The minimum atomic E-state index is -0.192. The molecule has 0 aliphatic carbocycles. The summed E-state index contributed by atoms with van der Waals surface area (Å²) in [6, 6.07) is 6.07. The van der Waals surface area contributed by atoms with Gasteiger partial charge in [0.15, 0.2) is 0 Å². The van der Waals surface area contributed by atoms with Crippen molar-refractivity contribution in [3.05, 3.63) is 29.8 Å². The standard InChI is InChI=1S/C13H20N2O4/c14-5-7-18-9-10-19-8-6-15-13(17)11-1-3-12(16)4-2-11/h1-4,16H,5-10,14H2,(H,15,17). The lowest BCUT2D eigenvalue weighted by molar-refractivity contribution is 0.0511. The third kappa shape index (κ3) is 6.76. The van der Waals surface area contributed by atoms with E-state index in [0.717, 1.165) is 0 Å². The van der Waals surface area contributed by atoms with Crippen LogP contribution in [0.2, 0.25) is 0 Å². The van der Waals surface area contributed by atoms with Crippen LogP contribution in [0.1, 0.15) is 10.4 Å². The Morgan fingerprint density at radius 3 is 2.37 bits per heavy atom. The quantitative estimate of drug-likeness (QED) is 0.553. The average Bonchev–Trinajstić information content (AvgIpc) is 2.42. The maximum atomic E-state index is 11.6. The summed E-state index contributed by atoms with van der Waals surface area (Å²) in [6.07, 6.45) is 0. The molecule has 19 heavy (non-hydrogen) atoms. The lowest BCUT2D eigenvalue weighted by Crippen LogP contribution is -2.27. The van der Waals surface area contributed by atoms with Gasteiger partial charge >= 0.3 is 0 Å². The van der Waals surface area contributed by atoms with E-state index >= 15 is 0 Å². The van der Waals surface area contributed by atoms with Gasteiger partial charge in [0, 0.05) is 18.7 Å². The fourth-order valence-corrected chi connectivity index (χ4v) is 1.36. The smallest absolute Gasteiger partial charge is 0.251 e. The number of nitrogens with one attached hydrogen (secondary N) is 1. The van der Waals surface area contributed by atoms with Crippen molar-refractivity contribution in [3.8, 4) is 5.75 Å². The lowest BCUT2D eigenvalue weighted by atomic mass is 10.2. The van der Waals surface area contributed by atoms with E-state index in [1.807, 2.05) is 0 Å². The van der Waals surface area contributed by atoms with Gasteiger partial charge in [0.1, 0.15) is 5.75 Å². The number of nitrogens with two attached hydrogens (primary N) is 1. The third-order valence-corrected chi connectivity index (χ3v) is 2.30. The van der Waals surface area contributed by atoms with Gasteiger partial charge < -0.3 is 25.6 Å². The summed E-state index contributed by atoms with van der Waals surface area (Å²) in [4.78, 5) is 11.6. The summed E-state index contributed by atoms with van der Waals surface area (Å²) in [5.74, 6) is -0.0552. The molecular weight excluding hydrogens is 248 g/mol. The van der Waals surface area contributed by atoms with Crippen molar-refractivity contribution in [2.24, 2.45) is 5.73 Å². The van der Waals surface area contributed by atoms with Gasteiger partial charge in [-0.3, -0.25) is 4.79 Å². The molecule has 0 bridgehead atoms. The molecule has 0 aromatic heterocycles. The number of hydrogen-bond donors (Lipinski definition) is 3. The number of amides is 1. The summed E-state index contributed by atoms with van der Waals surface area (Å²) in [5.41, 5.74) is 5.76. The molecule has 0 unspecified atom stereocenters. The van der Waals surface area contributed by atoms with E-state index in [2.05, 4.69) is 5.32 Å². The number of carbonyl (C=O) groups is 1. The second-order valence-corrected chi connectivity index (χ2v) is 3.82. The maximum Gasteiger partial charge on any atom is 0.251 e. The van der Waals surface area contributed by atoms with E-state index in [0.29, 0.717) is 45.1 Å². The number of phenols is 1. The highest BCUT2D eigenvalue weighted by Crippen LogP contribution is 2.09. The molecule has 6 heteroatoms. The minimum absolute atomic E-state index is 0.136. The molecule has 0 spiro atoms. The van der Waals surface area contributed by atoms with Gasteiger partial charge in [0.2, 0.25) is 0 Å². The van der Waals surface area contributed by atoms with Crippen molar-refractivity contribution in [2.45, 2.75) is 0 Å². The van der Waals surface area contributed by atoms with Crippen molar-refractivity contribution >= 4 is 5.91 Å². The number of phenolic OH excluding ortho intramolecular Hbond substituents is 1. The molecule has 1 aromatic rings. The monoisotopic (exact) mass is 268 g/mol. The van der Waals surface area contributed by atoms with Crippen molar-refractivity contribution < 1.29 is 19.4 Å². The zero-order chi connectivity index (χ0) is 13.9. The van der Waals surface area contributed by atoms with E-state index in [9.17, 15) is 4.79 Å². The van der Waals surface area contributed by atoms with Gasteiger partial charge in [-0.1, -0.05) is 0 Å². The molecule has 0 aliphatic heterocycles. The molecule has 1 rings (SSSR count). The van der Waals surface area contributed by atoms with Crippen LogP contribution in [0.4, 0.5) is 0 Å². The predicted molar refractivity (Wildman–Crippen MR) is 71.1 cm³/mol. The summed E-state index contributed by atoms with van der Waals surface area (Å²) >= 11 is 0. The first-order valence-electron chi connectivity index (χ1n) is 6.17. The Labute approximate surface area is 112 Å². The Hall–Kier alpha value is -1.63. The fourth-order valence-electron chi connectivity index (χ4n) is 1.36. The average molecular weight is 268 g/mol. The summed E-state index contributed by atoms with van der Waals surface area (Å²) in [7, 11) is 0. The molecule has 0 saturated heterocycles. The number of ether oxygens (including phenoxy) is 2. The molecular formula is C13H20N2O4. The molecule has 0 aliphatic rings. The van der Waals surface area contributed by atoms with Crippen LogP contribution >= 0.6 is 0 Å². The fraction of sp³-hybridized carbons (Fsp3) is 0.462. The number of carbonyl (C=O) groups excluding carboxylic acids is 1. The van der Waals surface area contributed by atoms with Gasteiger partial charge in [-0.25, -0.2) is 0 Å². The SMILES string of the molecule is NCCOCCOCCNC(=O)c1ccc(O)cc1. The molecule has 0 fully saturated rings. The zero-order valence-corrected chi connectivity index (χ0v) is 10.8. The zero-order valence-electron chi connectivity index (χ0n) is 10.8. The highest BCUT2D eigenvalue weighted by atomic mass is 16.5. The van der Waals surface area contributed by atoms with Crippen LogP contribution in [-0.2, 0) is 9.47 Å². The van der Waals surface area contributed by atoms with E-state index in [4.69, 9.17) is 20.3 Å². The van der Waals surface area contributed by atoms with Gasteiger partial charge in [-0.15, -0.1) is 0 Å². The Bertz CT molecular complexity index is 367. The van der Waals surface area contributed by atoms with Crippen LogP contribution in [0.3, 0.4) is 0 Å². The van der Waals surface area contributed by atoms with E-state index in [1.54, 1.807) is 12.1 Å². The largest absolute Gasteiger partial charge is 0.508 e. The van der Waals surface area contributed by atoms with Gasteiger partial charge in [-0.2, -0.15) is 0 Å². The maximum absolute atomic E-state index is 11.6. The second-order valence-electron chi connectivity index (χ2n) is 3.82. The highest BCUT2D eigenvalue weighted by Gasteiger charge is 2.03. The first-order valence-corrected chi connectivity index (χ1v) is 6.17. The predicted octanol–water partition coefficient (Wildman–Crippen LogP) is 0.114. The molecule has 106 valence electrons.